The van der Waals surface area contributed by atoms with E-state index in [0.29, 0.717) is 33.4 Å². The molecular formula is C30H25NO7. The number of benzene rings is 3. The number of furan rings is 1. The molecule has 8 heteroatoms. The summed E-state index contributed by atoms with van der Waals surface area (Å²) in [4.78, 5) is 40.5. The molecule has 1 amide bonds. The van der Waals surface area contributed by atoms with E-state index in [0.717, 1.165) is 0 Å². The van der Waals surface area contributed by atoms with E-state index in [4.69, 9.17) is 13.9 Å². The Kier molecular flexibility index (Phi) is 6.70. The Morgan fingerprint density at radius 3 is 2.42 bits per heavy atom. The summed E-state index contributed by atoms with van der Waals surface area (Å²) in [6.45, 7) is 2.09. The fraction of sp³-hybridized carbons (Fsp3) is 0.167. The summed E-state index contributed by atoms with van der Waals surface area (Å²) < 4.78 is 16.2. The minimum atomic E-state index is -0.851. The Morgan fingerprint density at radius 2 is 1.74 bits per heavy atom. The number of Topliss-reactive ketones (excluding diaryl/α,β-unsaturated/α-hetero) is 1. The standard InChI is InChI=1S/C30H25NO7/c1-3-37-30(35)20-14-12-18(13-15-20)17-31-25(19-8-5-4-6-9-19)24(27(33)29(31)34)26(32)23-16-21-10-7-11-22(36-2)28(21)38-23/h4-16,25,33H,3,17H2,1-2H3. The van der Waals surface area contributed by atoms with Gasteiger partial charge in [0.15, 0.2) is 22.9 Å². The predicted octanol–water partition coefficient (Wildman–Crippen LogP) is 5.40. The van der Waals surface area contributed by atoms with Gasteiger partial charge in [-0.2, -0.15) is 0 Å². The molecule has 1 N–H and O–H groups in total. The molecule has 3 aromatic carbocycles. The summed E-state index contributed by atoms with van der Waals surface area (Å²) >= 11 is 0. The van der Waals surface area contributed by atoms with E-state index in [1.54, 1.807) is 79.7 Å². The third-order valence-corrected chi connectivity index (χ3v) is 6.43. The van der Waals surface area contributed by atoms with E-state index in [1.807, 2.05) is 6.07 Å². The first kappa shape index (κ1) is 24.8. The maximum atomic E-state index is 13.8. The van der Waals surface area contributed by atoms with Crippen LogP contribution in [0.1, 0.15) is 45.0 Å². The summed E-state index contributed by atoms with van der Waals surface area (Å²) in [7, 11) is 1.51. The van der Waals surface area contributed by atoms with E-state index < -0.39 is 29.5 Å². The molecule has 1 aromatic heterocycles. The van der Waals surface area contributed by atoms with Gasteiger partial charge in [-0.25, -0.2) is 4.79 Å². The third kappa shape index (κ3) is 4.41. The summed E-state index contributed by atoms with van der Waals surface area (Å²) in [5.41, 5.74) is 2.09. The Bertz CT molecular complexity index is 1550. The number of aliphatic hydroxyl groups excluding tert-OH is 1. The number of para-hydroxylation sites is 1. The maximum Gasteiger partial charge on any atom is 0.338 e. The van der Waals surface area contributed by atoms with Crippen molar-refractivity contribution in [2.75, 3.05) is 13.7 Å². The molecule has 0 aliphatic carbocycles. The van der Waals surface area contributed by atoms with Crippen LogP contribution in [-0.2, 0) is 16.1 Å². The van der Waals surface area contributed by atoms with Gasteiger partial charge in [-0.3, -0.25) is 9.59 Å². The number of hydrogen-bond acceptors (Lipinski definition) is 7. The number of rotatable bonds is 8. The van der Waals surface area contributed by atoms with Crippen molar-refractivity contribution in [1.29, 1.82) is 0 Å². The number of ether oxygens (including phenoxy) is 2. The van der Waals surface area contributed by atoms with Gasteiger partial charge in [0.1, 0.15) is 0 Å². The molecule has 8 nitrogen and oxygen atoms in total. The van der Waals surface area contributed by atoms with E-state index in [9.17, 15) is 19.5 Å². The lowest BCUT2D eigenvalue weighted by Gasteiger charge is -2.26. The number of esters is 1. The van der Waals surface area contributed by atoms with E-state index >= 15 is 0 Å². The molecular weight excluding hydrogens is 486 g/mol. The van der Waals surface area contributed by atoms with Crippen LogP contribution in [0.3, 0.4) is 0 Å². The van der Waals surface area contributed by atoms with E-state index in [2.05, 4.69) is 0 Å². The Labute approximate surface area is 218 Å². The molecule has 0 spiro atoms. The van der Waals surface area contributed by atoms with Crippen molar-refractivity contribution < 1.29 is 33.4 Å². The second-order valence-electron chi connectivity index (χ2n) is 8.74. The highest BCUT2D eigenvalue weighted by atomic mass is 16.5. The fourth-order valence-electron chi connectivity index (χ4n) is 4.63. The zero-order valence-corrected chi connectivity index (χ0v) is 20.8. The topological polar surface area (TPSA) is 106 Å². The molecule has 1 atom stereocenters. The lowest BCUT2D eigenvalue weighted by molar-refractivity contribution is -0.130. The summed E-state index contributed by atoms with van der Waals surface area (Å²) in [5, 5.41) is 11.6. The number of amides is 1. The van der Waals surface area contributed by atoms with E-state index in [-0.39, 0.29) is 24.5 Å². The number of nitrogens with zero attached hydrogens (tertiary/aromatic N) is 1. The first-order valence-electron chi connectivity index (χ1n) is 12.1. The van der Waals surface area contributed by atoms with Crippen molar-refractivity contribution >= 4 is 28.6 Å². The maximum absolute atomic E-state index is 13.8. The smallest absolute Gasteiger partial charge is 0.338 e. The quantitative estimate of drug-likeness (QED) is 0.249. The van der Waals surface area contributed by atoms with Crippen LogP contribution in [0.15, 0.2) is 94.6 Å². The monoisotopic (exact) mass is 511 g/mol. The molecule has 0 saturated carbocycles. The molecule has 2 heterocycles. The number of aliphatic hydroxyl groups is 1. The van der Waals surface area contributed by atoms with Crippen LogP contribution in [0.5, 0.6) is 5.75 Å². The van der Waals surface area contributed by atoms with Crippen molar-refractivity contribution in [3.8, 4) is 5.75 Å². The number of carbonyl (C=O) groups excluding carboxylic acids is 3. The Morgan fingerprint density at radius 1 is 1.00 bits per heavy atom. The number of carbonyl (C=O) groups is 3. The largest absolute Gasteiger partial charge is 0.503 e. The van der Waals surface area contributed by atoms with Gasteiger partial charge in [0.05, 0.1) is 30.9 Å². The number of fused-ring (bicyclic) bond motifs is 1. The lowest BCUT2D eigenvalue weighted by atomic mass is 9.95. The number of hydrogen-bond donors (Lipinski definition) is 1. The highest BCUT2D eigenvalue weighted by Crippen LogP contribution is 2.41. The summed E-state index contributed by atoms with van der Waals surface area (Å²) in [6, 6.07) is 21.7. The average molecular weight is 512 g/mol. The minimum Gasteiger partial charge on any atom is -0.503 e. The zero-order valence-electron chi connectivity index (χ0n) is 20.8. The van der Waals surface area contributed by atoms with Gasteiger partial charge < -0.3 is 23.9 Å². The first-order valence-corrected chi connectivity index (χ1v) is 12.1. The van der Waals surface area contributed by atoms with Crippen LogP contribution >= 0.6 is 0 Å². The molecule has 0 saturated heterocycles. The molecule has 0 fully saturated rings. The third-order valence-electron chi connectivity index (χ3n) is 6.43. The van der Waals surface area contributed by atoms with Crippen molar-refractivity contribution in [2.45, 2.75) is 19.5 Å². The van der Waals surface area contributed by atoms with Crippen molar-refractivity contribution in [3.05, 3.63) is 113 Å². The molecule has 1 aliphatic heterocycles. The first-order chi connectivity index (χ1) is 18.4. The molecule has 192 valence electrons. The Hall–Kier alpha value is -4.85. The van der Waals surface area contributed by atoms with Crippen molar-refractivity contribution in [3.63, 3.8) is 0 Å². The van der Waals surface area contributed by atoms with Gasteiger partial charge in [-0.1, -0.05) is 54.6 Å². The van der Waals surface area contributed by atoms with Gasteiger partial charge in [0.2, 0.25) is 5.78 Å². The predicted molar refractivity (Wildman–Crippen MR) is 139 cm³/mol. The molecule has 0 bridgehead atoms. The van der Waals surface area contributed by atoms with Crippen LogP contribution in [-0.4, -0.2) is 41.4 Å². The summed E-state index contributed by atoms with van der Waals surface area (Å²) in [5.74, 6) is -1.88. The molecule has 1 aliphatic rings. The average Bonchev–Trinajstić information content (AvgIpc) is 3.49. The molecule has 0 radical (unpaired) electrons. The van der Waals surface area contributed by atoms with Gasteiger partial charge >= 0.3 is 5.97 Å². The van der Waals surface area contributed by atoms with Crippen LogP contribution < -0.4 is 4.74 Å². The van der Waals surface area contributed by atoms with Crippen LogP contribution in [0.4, 0.5) is 0 Å². The molecule has 38 heavy (non-hydrogen) atoms. The van der Waals surface area contributed by atoms with Crippen molar-refractivity contribution in [2.24, 2.45) is 0 Å². The molecule has 5 rings (SSSR count). The lowest BCUT2D eigenvalue weighted by Crippen LogP contribution is -2.30. The van der Waals surface area contributed by atoms with Crippen molar-refractivity contribution in [1.82, 2.24) is 4.90 Å². The van der Waals surface area contributed by atoms with Gasteiger partial charge in [0.25, 0.3) is 5.91 Å². The summed E-state index contributed by atoms with van der Waals surface area (Å²) in [6.07, 6.45) is 0. The van der Waals surface area contributed by atoms with Crippen LogP contribution in [0, 0.1) is 0 Å². The highest BCUT2D eigenvalue weighted by Gasteiger charge is 2.44. The van der Waals surface area contributed by atoms with E-state index in [1.165, 1.54) is 12.0 Å². The second kappa shape index (κ2) is 10.3. The fourth-order valence-corrected chi connectivity index (χ4v) is 4.63. The van der Waals surface area contributed by atoms with Gasteiger partial charge in [-0.05, 0) is 42.3 Å². The zero-order chi connectivity index (χ0) is 26.8. The normalized spacial score (nSPS) is 15.3. The molecule has 4 aromatic rings. The van der Waals surface area contributed by atoms with Gasteiger partial charge in [-0.15, -0.1) is 0 Å². The minimum absolute atomic E-state index is 0.0135. The number of ketones is 1. The highest BCUT2D eigenvalue weighted by molar-refractivity contribution is 6.16. The second-order valence-corrected chi connectivity index (χ2v) is 8.74. The molecule has 1 unspecified atom stereocenters. The van der Waals surface area contributed by atoms with Gasteiger partial charge in [0, 0.05) is 11.9 Å². The van der Waals surface area contributed by atoms with Crippen LogP contribution in [0.25, 0.3) is 11.0 Å². The Balaban J connectivity index is 1.52. The van der Waals surface area contributed by atoms with Crippen LogP contribution in [0.2, 0.25) is 0 Å². The number of methoxy groups -OCH3 is 1. The SMILES string of the molecule is CCOC(=O)c1ccc(CN2C(=O)C(O)=C(C(=O)c3cc4cccc(OC)c4o3)C2c2ccccc2)cc1.